The summed E-state index contributed by atoms with van der Waals surface area (Å²) in [5.74, 6) is -0.216. The Morgan fingerprint density at radius 3 is 2.50 bits per heavy atom. The van der Waals surface area contributed by atoms with Gasteiger partial charge in [0.05, 0.1) is 9.99 Å². The molecule has 1 aliphatic carbocycles. The minimum atomic E-state index is -0.453. The topological polar surface area (TPSA) is 34.5 Å². The monoisotopic (exact) mass is 450 g/mol. The number of halogens is 2. The molecule has 1 amide bonds. The lowest BCUT2D eigenvalue weighted by molar-refractivity contribution is -0.0225. The largest absolute Gasteiger partial charge is 0.444 e. The third-order valence-corrected chi connectivity index (χ3v) is 6.89. The zero-order chi connectivity index (χ0) is 20.3. The van der Waals surface area contributed by atoms with Crippen LogP contribution in [0, 0.1) is 18.2 Å². The van der Waals surface area contributed by atoms with Gasteiger partial charge in [0.2, 0.25) is 0 Å². The van der Waals surface area contributed by atoms with Crippen molar-refractivity contribution >= 4 is 32.9 Å². The van der Waals surface area contributed by atoms with E-state index in [2.05, 4.69) is 33.6 Å². The van der Waals surface area contributed by atoms with Crippen LogP contribution in [0.4, 0.5) is 9.18 Å². The summed E-state index contributed by atoms with van der Waals surface area (Å²) in [4.78, 5) is 14.1. The van der Waals surface area contributed by atoms with E-state index >= 15 is 0 Å². The van der Waals surface area contributed by atoms with Crippen LogP contribution in [0.2, 0.25) is 0 Å². The van der Waals surface area contributed by atoms with E-state index in [9.17, 15) is 9.18 Å². The van der Waals surface area contributed by atoms with E-state index in [4.69, 9.17) is 4.74 Å². The van der Waals surface area contributed by atoms with E-state index in [0.29, 0.717) is 15.9 Å². The molecule has 2 fully saturated rings. The second-order valence-electron chi connectivity index (χ2n) is 9.53. The second-order valence-corrected chi connectivity index (χ2v) is 10.4. The van der Waals surface area contributed by atoms with Crippen molar-refractivity contribution in [1.29, 1.82) is 0 Å². The number of carbonyl (C=O) groups is 1. The van der Waals surface area contributed by atoms with Gasteiger partial charge in [0.15, 0.2) is 0 Å². The van der Waals surface area contributed by atoms with E-state index < -0.39 is 5.60 Å². The van der Waals surface area contributed by atoms with Crippen molar-refractivity contribution in [2.75, 3.05) is 13.1 Å². The molecule has 0 N–H and O–H groups in total. The molecule has 0 atom stereocenters. The highest BCUT2D eigenvalue weighted by molar-refractivity contribution is 9.10. The normalized spacial score (nSPS) is 19.9. The van der Waals surface area contributed by atoms with Crippen LogP contribution in [0.15, 0.2) is 22.8 Å². The number of nitrogens with zero attached hydrogens (tertiary/aromatic N) is 2. The number of likely N-dealkylation sites (tertiary alicyclic amines) is 1. The van der Waals surface area contributed by atoms with Gasteiger partial charge in [-0.25, -0.2) is 9.18 Å². The summed E-state index contributed by atoms with van der Waals surface area (Å²) in [7, 11) is 0. The van der Waals surface area contributed by atoms with Crippen LogP contribution in [0.1, 0.15) is 58.1 Å². The minimum Gasteiger partial charge on any atom is -0.444 e. The van der Waals surface area contributed by atoms with Crippen LogP contribution < -0.4 is 0 Å². The molecule has 1 spiro atoms. The van der Waals surface area contributed by atoms with E-state index in [-0.39, 0.29) is 11.9 Å². The fraction of sp³-hybridized carbons (Fsp3) is 0.591. The lowest BCUT2D eigenvalue weighted by Crippen LogP contribution is -2.50. The van der Waals surface area contributed by atoms with E-state index in [0.717, 1.165) is 49.7 Å². The molecule has 4 nitrogen and oxygen atoms in total. The third kappa shape index (κ3) is 3.56. The van der Waals surface area contributed by atoms with Gasteiger partial charge < -0.3 is 14.2 Å². The van der Waals surface area contributed by atoms with Gasteiger partial charge in [-0.1, -0.05) is 0 Å². The summed E-state index contributed by atoms with van der Waals surface area (Å²) < 4.78 is 22.4. The van der Waals surface area contributed by atoms with Crippen LogP contribution in [0.25, 0.3) is 10.9 Å². The van der Waals surface area contributed by atoms with E-state index in [1.54, 1.807) is 6.07 Å². The van der Waals surface area contributed by atoms with E-state index in [1.165, 1.54) is 5.56 Å². The Balaban J connectivity index is 1.42. The first kappa shape index (κ1) is 19.7. The molecule has 1 aromatic carbocycles. The molecule has 28 heavy (non-hydrogen) atoms. The Morgan fingerprint density at radius 2 is 1.89 bits per heavy atom. The summed E-state index contributed by atoms with van der Waals surface area (Å²) in [5.41, 5.74) is 2.01. The van der Waals surface area contributed by atoms with Gasteiger partial charge in [-0.05, 0) is 92.4 Å². The maximum atomic E-state index is 14.1. The predicted molar refractivity (Wildman–Crippen MR) is 112 cm³/mol. The molecule has 2 aliphatic rings. The molecule has 4 rings (SSSR count). The fourth-order valence-electron chi connectivity index (χ4n) is 4.75. The van der Waals surface area contributed by atoms with Gasteiger partial charge in [-0.3, -0.25) is 0 Å². The highest BCUT2D eigenvalue weighted by Crippen LogP contribution is 2.55. The maximum absolute atomic E-state index is 14.1. The van der Waals surface area contributed by atoms with Gasteiger partial charge in [-0.2, -0.15) is 0 Å². The molecule has 0 unspecified atom stereocenters. The van der Waals surface area contributed by atoms with Crippen molar-refractivity contribution in [2.24, 2.45) is 5.41 Å². The number of amides is 1. The molecule has 1 aromatic heterocycles. The number of hydrogen-bond acceptors (Lipinski definition) is 2. The van der Waals surface area contributed by atoms with Gasteiger partial charge in [0.25, 0.3) is 0 Å². The van der Waals surface area contributed by atoms with Crippen LogP contribution >= 0.6 is 15.9 Å². The summed E-state index contributed by atoms with van der Waals surface area (Å²) in [6, 6.07) is 3.93. The lowest BCUT2D eigenvalue weighted by atomic mass is 9.60. The molecular weight excluding hydrogens is 423 g/mol. The molecule has 1 saturated carbocycles. The highest BCUT2D eigenvalue weighted by Gasteiger charge is 2.47. The number of fused-ring (bicyclic) bond motifs is 1. The minimum absolute atomic E-state index is 0.202. The van der Waals surface area contributed by atoms with E-state index in [1.807, 2.05) is 31.7 Å². The van der Waals surface area contributed by atoms with Gasteiger partial charge >= 0.3 is 6.09 Å². The quantitative estimate of drug-likeness (QED) is 0.517. The smallest absolute Gasteiger partial charge is 0.410 e. The molecule has 0 radical (unpaired) electrons. The summed E-state index contributed by atoms with van der Waals surface area (Å²) >= 11 is 3.29. The van der Waals surface area contributed by atoms with Crippen molar-refractivity contribution in [1.82, 2.24) is 9.47 Å². The van der Waals surface area contributed by atoms with Crippen LogP contribution in [-0.2, 0) is 4.74 Å². The molecule has 1 aliphatic heterocycles. The van der Waals surface area contributed by atoms with Crippen molar-refractivity contribution in [2.45, 2.75) is 65.0 Å². The fourth-order valence-corrected chi connectivity index (χ4v) is 5.09. The molecule has 152 valence electrons. The average molecular weight is 451 g/mol. The first-order valence-electron chi connectivity index (χ1n) is 10.0. The highest BCUT2D eigenvalue weighted by atomic mass is 79.9. The predicted octanol–water partition coefficient (Wildman–Crippen LogP) is 6.20. The number of ether oxygens (including phenoxy) is 1. The maximum Gasteiger partial charge on any atom is 0.410 e. The number of rotatable bonds is 1. The molecule has 6 heteroatoms. The average Bonchev–Trinajstić information content (AvgIpc) is 2.87. The van der Waals surface area contributed by atoms with Crippen molar-refractivity contribution in [3.8, 4) is 0 Å². The van der Waals surface area contributed by atoms with Crippen LogP contribution in [-0.4, -0.2) is 34.3 Å². The van der Waals surface area contributed by atoms with Crippen LogP contribution in [0.5, 0.6) is 0 Å². The Bertz CT molecular complexity index is 915. The Morgan fingerprint density at radius 1 is 1.25 bits per heavy atom. The number of hydrogen-bond donors (Lipinski definition) is 0. The Kier molecular flexibility index (Phi) is 4.76. The number of carbonyl (C=O) groups excluding carboxylic acids is 1. The van der Waals surface area contributed by atoms with Gasteiger partial charge in [-0.15, -0.1) is 0 Å². The number of benzene rings is 1. The lowest BCUT2D eigenvalue weighted by Gasteiger charge is -2.52. The second kappa shape index (κ2) is 6.75. The first-order chi connectivity index (χ1) is 13.1. The van der Waals surface area contributed by atoms with Gasteiger partial charge in [0.1, 0.15) is 11.4 Å². The Hall–Kier alpha value is -1.56. The first-order valence-corrected chi connectivity index (χ1v) is 10.8. The molecule has 2 heterocycles. The zero-order valence-electron chi connectivity index (χ0n) is 17.0. The van der Waals surface area contributed by atoms with Crippen LogP contribution in [0.3, 0.4) is 0 Å². The summed E-state index contributed by atoms with van der Waals surface area (Å²) in [6.07, 6.45) is 6.17. The molecule has 1 saturated heterocycles. The number of aryl methyl sites for hydroxylation is 1. The summed E-state index contributed by atoms with van der Waals surface area (Å²) in [5, 5.41) is 1.11. The SMILES string of the molecule is Cc1cn(C2CC3(CCN(C(=O)OC(C)(C)C)CC3)C2)c2cc(F)c(Br)cc12. The van der Waals surface area contributed by atoms with Crippen molar-refractivity contribution < 1.29 is 13.9 Å². The van der Waals surface area contributed by atoms with Gasteiger partial charge in [0, 0.05) is 30.7 Å². The Labute approximate surface area is 174 Å². The standard InChI is InChI=1S/C22H28BrFN2O2/c1-14-13-26(19-10-18(24)17(23)9-16(14)19)15-11-22(12-15)5-7-25(8-6-22)20(27)28-21(2,3)4/h9-10,13,15H,5-8,11-12H2,1-4H3. The van der Waals surface area contributed by atoms with Crippen molar-refractivity contribution in [3.63, 3.8) is 0 Å². The number of aromatic nitrogens is 1. The summed E-state index contributed by atoms with van der Waals surface area (Å²) in [6.45, 7) is 9.30. The molecule has 2 aromatic rings. The third-order valence-electron chi connectivity index (χ3n) is 6.28. The molecule has 0 bridgehead atoms. The zero-order valence-corrected chi connectivity index (χ0v) is 18.6. The molecular formula is C22H28BrFN2O2. The van der Waals surface area contributed by atoms with Crippen molar-refractivity contribution in [3.05, 3.63) is 34.2 Å². The number of piperidine rings is 1.